The van der Waals surface area contributed by atoms with Gasteiger partial charge in [-0.25, -0.2) is 9.59 Å². The number of aliphatic hydroxyl groups is 1. The second-order valence-corrected chi connectivity index (χ2v) is 11.7. The first-order valence-corrected chi connectivity index (χ1v) is 15.3. The molecule has 0 spiro atoms. The maximum atomic E-state index is 14.1. The van der Waals surface area contributed by atoms with Gasteiger partial charge in [0.2, 0.25) is 5.91 Å². The molecule has 10 nitrogen and oxygen atoms in total. The van der Waals surface area contributed by atoms with Crippen LogP contribution < -0.4 is 5.32 Å². The van der Waals surface area contributed by atoms with Gasteiger partial charge < -0.3 is 19.9 Å². The van der Waals surface area contributed by atoms with E-state index in [1.807, 2.05) is 80.6 Å². The normalized spacial score (nSPS) is 16.1. The minimum atomic E-state index is -1.65. The summed E-state index contributed by atoms with van der Waals surface area (Å²) < 4.78 is 10.8. The molecule has 2 N–H and O–H groups in total. The zero-order chi connectivity index (χ0) is 33.2. The number of ether oxygens (including phenoxy) is 2. The fraction of sp³-hybridized carbons (Fsp3) is 0.333. The van der Waals surface area contributed by atoms with Gasteiger partial charge in [0.1, 0.15) is 19.2 Å². The summed E-state index contributed by atoms with van der Waals surface area (Å²) in [5.41, 5.74) is 2.52. The van der Waals surface area contributed by atoms with Crippen LogP contribution in [0.15, 0.2) is 97.2 Å². The number of carbonyl (C=O) groups excluding carboxylic acids is 4. The molecule has 3 aromatic carbocycles. The minimum absolute atomic E-state index is 0.0280. The Morgan fingerprint density at radius 2 is 1.41 bits per heavy atom. The third-order valence-electron chi connectivity index (χ3n) is 7.41. The highest BCUT2D eigenvalue weighted by atomic mass is 16.6. The van der Waals surface area contributed by atoms with Gasteiger partial charge in [0.25, 0.3) is 5.91 Å². The fourth-order valence-electron chi connectivity index (χ4n) is 5.22. The molecule has 0 saturated heterocycles. The molecule has 2 unspecified atom stereocenters. The zero-order valence-corrected chi connectivity index (χ0v) is 26.5. The van der Waals surface area contributed by atoms with Gasteiger partial charge in [0.15, 0.2) is 6.10 Å². The number of nitrogens with one attached hydrogen (secondary N) is 1. The van der Waals surface area contributed by atoms with Crippen LogP contribution in [-0.4, -0.2) is 69.6 Å². The number of carbonyl (C=O) groups is 4. The Balaban J connectivity index is 1.62. The van der Waals surface area contributed by atoms with Crippen molar-refractivity contribution < 1.29 is 33.8 Å². The third-order valence-corrected chi connectivity index (χ3v) is 7.41. The summed E-state index contributed by atoms with van der Waals surface area (Å²) in [5.74, 6) is -2.26. The van der Waals surface area contributed by atoms with Crippen molar-refractivity contribution in [1.82, 2.24) is 15.1 Å². The topological polar surface area (TPSA) is 125 Å². The molecular formula is C36H41N3O7. The summed E-state index contributed by atoms with van der Waals surface area (Å²) in [6.07, 6.45) is -1.12. The van der Waals surface area contributed by atoms with Crippen molar-refractivity contribution in [3.05, 3.63) is 114 Å². The SMILES string of the molecule is CC(C)OC(=O)C(O)[C@H](Cc1ccccc1)NC(=O)CN1C(=O)C(C(C)C)N(C(=O)OCc2ccccc2)C=C1c1ccccc1. The van der Waals surface area contributed by atoms with Gasteiger partial charge in [0.05, 0.1) is 17.8 Å². The number of rotatable bonds is 12. The average Bonchev–Trinajstić information content (AvgIpc) is 3.04. The molecule has 1 aliphatic heterocycles. The molecule has 0 aliphatic carbocycles. The van der Waals surface area contributed by atoms with Crippen LogP contribution in [-0.2, 0) is 36.9 Å². The molecule has 3 aromatic rings. The largest absolute Gasteiger partial charge is 0.461 e. The van der Waals surface area contributed by atoms with Crippen molar-refractivity contribution in [3.8, 4) is 0 Å². The minimum Gasteiger partial charge on any atom is -0.461 e. The smallest absolute Gasteiger partial charge is 0.414 e. The van der Waals surface area contributed by atoms with Crippen LogP contribution >= 0.6 is 0 Å². The standard InChI is InChI=1S/C36H41N3O7/c1-24(2)32-34(42)38(22-31(40)37-29(20-26-14-8-5-9-15-26)33(41)35(43)46-25(3)4)30(28-18-12-7-13-19-28)21-39(32)36(44)45-23-27-16-10-6-11-17-27/h5-19,21,24-25,29,32-33,41H,20,22-23H2,1-4H3,(H,37,40)/t29-,32?,33?/m0/s1. The summed E-state index contributed by atoms with van der Waals surface area (Å²) in [5, 5.41) is 13.7. The van der Waals surface area contributed by atoms with Crippen LogP contribution in [0.25, 0.3) is 5.70 Å². The Kier molecular flexibility index (Phi) is 11.7. The van der Waals surface area contributed by atoms with E-state index in [4.69, 9.17) is 9.47 Å². The number of amides is 3. The predicted molar refractivity (Wildman–Crippen MR) is 173 cm³/mol. The van der Waals surface area contributed by atoms with Crippen molar-refractivity contribution in [2.24, 2.45) is 5.92 Å². The number of aliphatic hydroxyl groups excluding tert-OH is 1. The van der Waals surface area contributed by atoms with E-state index in [0.717, 1.165) is 11.1 Å². The lowest BCUT2D eigenvalue weighted by atomic mass is 9.97. The van der Waals surface area contributed by atoms with Crippen LogP contribution in [0, 0.1) is 5.92 Å². The van der Waals surface area contributed by atoms with Gasteiger partial charge in [-0.05, 0) is 42.9 Å². The summed E-state index contributed by atoms with van der Waals surface area (Å²) in [7, 11) is 0. The van der Waals surface area contributed by atoms with E-state index < -0.39 is 54.7 Å². The summed E-state index contributed by atoms with van der Waals surface area (Å²) >= 11 is 0. The van der Waals surface area contributed by atoms with Crippen molar-refractivity contribution >= 4 is 29.6 Å². The molecule has 0 radical (unpaired) electrons. The van der Waals surface area contributed by atoms with Crippen molar-refractivity contribution in [2.45, 2.75) is 65.0 Å². The molecule has 3 atom stereocenters. The van der Waals surface area contributed by atoms with Crippen molar-refractivity contribution in [1.29, 1.82) is 0 Å². The first-order chi connectivity index (χ1) is 22.0. The summed E-state index contributed by atoms with van der Waals surface area (Å²) in [6, 6.07) is 25.3. The fourth-order valence-corrected chi connectivity index (χ4v) is 5.22. The molecule has 1 heterocycles. The Hall–Kier alpha value is -4.96. The van der Waals surface area contributed by atoms with Crippen molar-refractivity contribution in [2.75, 3.05) is 6.54 Å². The highest BCUT2D eigenvalue weighted by molar-refractivity contribution is 5.99. The quantitative estimate of drug-likeness (QED) is 0.283. The number of hydrogen-bond acceptors (Lipinski definition) is 7. The van der Waals surface area contributed by atoms with Gasteiger partial charge in [-0.3, -0.25) is 19.4 Å². The van der Waals surface area contributed by atoms with Gasteiger partial charge in [0, 0.05) is 6.20 Å². The van der Waals surface area contributed by atoms with Gasteiger partial charge in [-0.2, -0.15) is 0 Å². The highest BCUT2D eigenvalue weighted by Crippen LogP contribution is 2.30. The monoisotopic (exact) mass is 627 g/mol. The molecular weight excluding hydrogens is 586 g/mol. The summed E-state index contributed by atoms with van der Waals surface area (Å²) in [4.78, 5) is 56.5. The lowest BCUT2D eigenvalue weighted by Crippen LogP contribution is -2.57. The Morgan fingerprint density at radius 3 is 1.98 bits per heavy atom. The first-order valence-electron chi connectivity index (χ1n) is 15.3. The third kappa shape index (κ3) is 8.82. The van der Waals surface area contributed by atoms with E-state index in [1.54, 1.807) is 38.1 Å². The van der Waals surface area contributed by atoms with Crippen LogP contribution in [0.1, 0.15) is 44.4 Å². The number of nitrogens with zero attached hydrogens (tertiary/aromatic N) is 2. The van der Waals surface area contributed by atoms with E-state index in [1.165, 1.54) is 16.0 Å². The van der Waals surface area contributed by atoms with Gasteiger partial charge >= 0.3 is 12.1 Å². The van der Waals surface area contributed by atoms with E-state index >= 15 is 0 Å². The lowest BCUT2D eigenvalue weighted by Gasteiger charge is -2.40. The van der Waals surface area contributed by atoms with E-state index in [-0.39, 0.29) is 18.9 Å². The van der Waals surface area contributed by atoms with Crippen LogP contribution in [0.4, 0.5) is 4.79 Å². The molecule has 0 fully saturated rings. The number of benzene rings is 3. The van der Waals surface area contributed by atoms with Gasteiger partial charge in [-0.1, -0.05) is 105 Å². The first kappa shape index (κ1) is 33.9. The van der Waals surface area contributed by atoms with E-state index in [9.17, 15) is 24.3 Å². The maximum Gasteiger partial charge on any atom is 0.414 e. The predicted octanol–water partition coefficient (Wildman–Crippen LogP) is 4.53. The van der Waals surface area contributed by atoms with E-state index in [0.29, 0.717) is 11.3 Å². The van der Waals surface area contributed by atoms with Crippen LogP contribution in [0.2, 0.25) is 0 Å². The molecule has 0 saturated carbocycles. The van der Waals surface area contributed by atoms with Crippen molar-refractivity contribution in [3.63, 3.8) is 0 Å². The second kappa shape index (κ2) is 15.9. The molecule has 4 rings (SSSR count). The van der Waals surface area contributed by atoms with Gasteiger partial charge in [-0.15, -0.1) is 0 Å². The molecule has 3 amide bonds. The molecule has 1 aliphatic rings. The molecule has 0 aromatic heterocycles. The molecule has 0 bridgehead atoms. The zero-order valence-electron chi connectivity index (χ0n) is 26.5. The Labute approximate surface area is 269 Å². The average molecular weight is 628 g/mol. The number of esters is 1. The Bertz CT molecular complexity index is 1510. The van der Waals surface area contributed by atoms with Crippen LogP contribution in [0.3, 0.4) is 0 Å². The second-order valence-electron chi connectivity index (χ2n) is 11.7. The lowest BCUT2D eigenvalue weighted by molar-refractivity contribution is -0.159. The number of hydrogen-bond donors (Lipinski definition) is 2. The highest BCUT2D eigenvalue weighted by Gasteiger charge is 2.42. The summed E-state index contributed by atoms with van der Waals surface area (Å²) in [6.45, 7) is 6.56. The van der Waals surface area contributed by atoms with Crippen LogP contribution in [0.5, 0.6) is 0 Å². The maximum absolute atomic E-state index is 14.1. The molecule has 10 heteroatoms. The Morgan fingerprint density at radius 1 is 0.848 bits per heavy atom. The van der Waals surface area contributed by atoms with E-state index in [2.05, 4.69) is 5.32 Å². The molecule has 46 heavy (non-hydrogen) atoms. The molecule has 242 valence electrons.